The molecule has 1 fully saturated rings. The lowest BCUT2D eigenvalue weighted by Crippen LogP contribution is -2.36. The second-order valence-corrected chi connectivity index (χ2v) is 5.49. The Balaban J connectivity index is 1.84. The standard InChI is InChI=1S/C18H22N2O2/c1-2-3-12-22-18(21)20-10-8-16(9-11-20)13-15-4-6-17(14-19)7-5-15/h4-7,13H,2-3,8-12H2,1H3. The van der Waals surface area contributed by atoms with Gasteiger partial charge in [0.25, 0.3) is 0 Å². The first-order valence-corrected chi connectivity index (χ1v) is 7.84. The van der Waals surface area contributed by atoms with Crippen molar-refractivity contribution >= 4 is 12.2 Å². The summed E-state index contributed by atoms with van der Waals surface area (Å²) in [6.07, 6.45) is 5.67. The molecule has 1 aromatic carbocycles. The number of nitrogens with zero attached hydrogens (tertiary/aromatic N) is 2. The average Bonchev–Trinajstić information content (AvgIpc) is 2.56. The predicted octanol–water partition coefficient (Wildman–Crippen LogP) is 3.97. The molecule has 1 saturated heterocycles. The number of rotatable bonds is 4. The van der Waals surface area contributed by atoms with Gasteiger partial charge in [-0.1, -0.05) is 37.1 Å². The number of piperidine rings is 1. The van der Waals surface area contributed by atoms with Crippen molar-refractivity contribution in [3.63, 3.8) is 0 Å². The van der Waals surface area contributed by atoms with E-state index in [4.69, 9.17) is 10.00 Å². The van der Waals surface area contributed by atoms with E-state index in [9.17, 15) is 4.79 Å². The van der Waals surface area contributed by atoms with E-state index in [-0.39, 0.29) is 6.09 Å². The predicted molar refractivity (Wildman–Crippen MR) is 86.2 cm³/mol. The minimum Gasteiger partial charge on any atom is -0.449 e. The van der Waals surface area contributed by atoms with Crippen molar-refractivity contribution in [2.45, 2.75) is 32.6 Å². The Kier molecular flexibility index (Phi) is 6.02. The van der Waals surface area contributed by atoms with Crippen LogP contribution in [-0.2, 0) is 4.74 Å². The molecule has 0 saturated carbocycles. The fourth-order valence-electron chi connectivity index (χ4n) is 2.41. The first-order chi connectivity index (χ1) is 10.7. The highest BCUT2D eigenvalue weighted by molar-refractivity contribution is 5.68. The zero-order chi connectivity index (χ0) is 15.8. The highest BCUT2D eigenvalue weighted by Crippen LogP contribution is 2.20. The first-order valence-electron chi connectivity index (χ1n) is 7.84. The van der Waals surface area contributed by atoms with Crippen molar-refractivity contribution in [2.24, 2.45) is 0 Å². The molecule has 4 heteroatoms. The van der Waals surface area contributed by atoms with E-state index in [0.29, 0.717) is 25.3 Å². The van der Waals surface area contributed by atoms with Crippen LogP contribution in [0.5, 0.6) is 0 Å². The number of unbranched alkanes of at least 4 members (excludes halogenated alkanes) is 1. The highest BCUT2D eigenvalue weighted by atomic mass is 16.6. The van der Waals surface area contributed by atoms with Crippen molar-refractivity contribution in [1.29, 1.82) is 5.26 Å². The second-order valence-electron chi connectivity index (χ2n) is 5.49. The van der Waals surface area contributed by atoms with E-state index in [1.807, 2.05) is 24.3 Å². The van der Waals surface area contributed by atoms with E-state index in [0.717, 1.165) is 31.2 Å². The van der Waals surface area contributed by atoms with Gasteiger partial charge in [0.05, 0.1) is 18.2 Å². The monoisotopic (exact) mass is 298 g/mol. The summed E-state index contributed by atoms with van der Waals surface area (Å²) in [5.74, 6) is 0. The average molecular weight is 298 g/mol. The maximum Gasteiger partial charge on any atom is 0.409 e. The fraction of sp³-hybridized carbons (Fsp3) is 0.444. The molecule has 0 spiro atoms. The maximum atomic E-state index is 11.9. The zero-order valence-corrected chi connectivity index (χ0v) is 13.0. The minimum absolute atomic E-state index is 0.189. The fourth-order valence-corrected chi connectivity index (χ4v) is 2.41. The molecule has 22 heavy (non-hydrogen) atoms. The van der Waals surface area contributed by atoms with Crippen LogP contribution >= 0.6 is 0 Å². The number of benzene rings is 1. The van der Waals surface area contributed by atoms with Crippen LogP contribution in [0.4, 0.5) is 4.79 Å². The van der Waals surface area contributed by atoms with Crippen LogP contribution in [0.3, 0.4) is 0 Å². The number of likely N-dealkylation sites (tertiary alicyclic amines) is 1. The normalized spacial score (nSPS) is 14.4. The van der Waals surface area contributed by atoms with Crippen LogP contribution in [0.15, 0.2) is 29.8 Å². The van der Waals surface area contributed by atoms with Crippen molar-refractivity contribution in [2.75, 3.05) is 19.7 Å². The second kappa shape index (κ2) is 8.23. The van der Waals surface area contributed by atoms with Gasteiger partial charge in [-0.25, -0.2) is 4.79 Å². The topological polar surface area (TPSA) is 53.3 Å². The zero-order valence-electron chi connectivity index (χ0n) is 13.0. The molecule has 0 N–H and O–H groups in total. The van der Waals surface area contributed by atoms with Gasteiger partial charge in [0.1, 0.15) is 0 Å². The third-order valence-corrected chi connectivity index (χ3v) is 3.80. The Morgan fingerprint density at radius 3 is 2.59 bits per heavy atom. The molecule has 1 amide bonds. The molecule has 1 aromatic rings. The van der Waals surface area contributed by atoms with Crippen molar-refractivity contribution < 1.29 is 9.53 Å². The highest BCUT2D eigenvalue weighted by Gasteiger charge is 2.19. The van der Waals surface area contributed by atoms with Crippen molar-refractivity contribution in [3.05, 3.63) is 41.0 Å². The van der Waals surface area contributed by atoms with E-state index < -0.39 is 0 Å². The van der Waals surface area contributed by atoms with Gasteiger partial charge in [0.15, 0.2) is 0 Å². The van der Waals surface area contributed by atoms with E-state index in [1.165, 1.54) is 5.57 Å². The largest absolute Gasteiger partial charge is 0.449 e. The molecule has 0 radical (unpaired) electrons. The van der Waals surface area contributed by atoms with E-state index in [1.54, 1.807) is 4.90 Å². The van der Waals surface area contributed by atoms with E-state index >= 15 is 0 Å². The maximum absolute atomic E-state index is 11.9. The molecular weight excluding hydrogens is 276 g/mol. The quantitative estimate of drug-likeness (QED) is 0.790. The lowest BCUT2D eigenvalue weighted by atomic mass is 10.0. The van der Waals surface area contributed by atoms with Crippen LogP contribution in [0.25, 0.3) is 6.08 Å². The summed E-state index contributed by atoms with van der Waals surface area (Å²) in [6, 6.07) is 9.68. The summed E-state index contributed by atoms with van der Waals surface area (Å²) >= 11 is 0. The first kappa shape index (κ1) is 16.1. The van der Waals surface area contributed by atoms with Crippen molar-refractivity contribution in [1.82, 2.24) is 4.90 Å². The Hall–Kier alpha value is -2.28. The van der Waals surface area contributed by atoms with Gasteiger partial charge in [0.2, 0.25) is 0 Å². The molecule has 1 aliphatic rings. The molecule has 0 bridgehead atoms. The Morgan fingerprint density at radius 1 is 1.32 bits per heavy atom. The third kappa shape index (κ3) is 4.63. The van der Waals surface area contributed by atoms with Gasteiger partial charge in [-0.05, 0) is 37.0 Å². The van der Waals surface area contributed by atoms with Crippen LogP contribution in [-0.4, -0.2) is 30.7 Å². The summed E-state index contributed by atoms with van der Waals surface area (Å²) in [7, 11) is 0. The lowest BCUT2D eigenvalue weighted by molar-refractivity contribution is 0.0984. The van der Waals surface area contributed by atoms with Gasteiger partial charge in [-0.3, -0.25) is 0 Å². The molecule has 0 aromatic heterocycles. The van der Waals surface area contributed by atoms with Gasteiger partial charge >= 0.3 is 6.09 Å². The molecular formula is C18H22N2O2. The minimum atomic E-state index is -0.189. The SMILES string of the molecule is CCCCOC(=O)N1CCC(=Cc2ccc(C#N)cc2)CC1. The van der Waals surface area contributed by atoms with E-state index in [2.05, 4.69) is 19.1 Å². The van der Waals surface area contributed by atoms with Gasteiger partial charge in [0, 0.05) is 13.1 Å². The molecule has 1 heterocycles. The van der Waals surface area contributed by atoms with Crippen LogP contribution in [0.1, 0.15) is 43.7 Å². The number of carbonyl (C=O) groups is 1. The van der Waals surface area contributed by atoms with Crippen molar-refractivity contribution in [3.8, 4) is 6.07 Å². The van der Waals surface area contributed by atoms with Gasteiger partial charge in [-0.15, -0.1) is 0 Å². The van der Waals surface area contributed by atoms with Gasteiger partial charge < -0.3 is 9.64 Å². The smallest absolute Gasteiger partial charge is 0.409 e. The summed E-state index contributed by atoms with van der Waals surface area (Å²) in [5.41, 5.74) is 3.11. The number of nitriles is 1. The summed E-state index contributed by atoms with van der Waals surface area (Å²) in [4.78, 5) is 13.6. The summed E-state index contributed by atoms with van der Waals surface area (Å²) in [6.45, 7) is 4.02. The van der Waals surface area contributed by atoms with Crippen LogP contribution < -0.4 is 0 Å². The lowest BCUT2D eigenvalue weighted by Gasteiger charge is -2.27. The number of ether oxygens (including phenoxy) is 1. The molecule has 1 aliphatic heterocycles. The molecule has 0 atom stereocenters. The number of hydrogen-bond acceptors (Lipinski definition) is 3. The molecule has 0 aliphatic carbocycles. The molecule has 2 rings (SSSR count). The van der Waals surface area contributed by atoms with Crippen LogP contribution in [0, 0.1) is 11.3 Å². The Labute approximate surface area is 132 Å². The summed E-state index contributed by atoms with van der Waals surface area (Å²) < 4.78 is 5.24. The molecule has 4 nitrogen and oxygen atoms in total. The Morgan fingerprint density at radius 2 is 2.00 bits per heavy atom. The third-order valence-electron chi connectivity index (χ3n) is 3.80. The van der Waals surface area contributed by atoms with Gasteiger partial charge in [-0.2, -0.15) is 5.26 Å². The molecule has 116 valence electrons. The summed E-state index contributed by atoms with van der Waals surface area (Å²) in [5, 5.41) is 8.79. The Bertz CT molecular complexity index is 560. The number of hydrogen-bond donors (Lipinski definition) is 0. The number of carbonyl (C=O) groups excluding carboxylic acids is 1. The van der Waals surface area contributed by atoms with Crippen LogP contribution in [0.2, 0.25) is 0 Å². The number of amides is 1. The molecule has 0 unspecified atom stereocenters.